The molecule has 0 aliphatic rings. The second-order valence-electron chi connectivity index (χ2n) is 1.48. The van der Waals surface area contributed by atoms with Crippen LogP contribution in [0.15, 0.2) is 0 Å². The number of rotatable bonds is 5. The van der Waals surface area contributed by atoms with E-state index in [9.17, 15) is 4.57 Å². The first kappa shape index (κ1) is 8.98. The molecule has 5 heteroatoms. The number of hydrogen-bond acceptors (Lipinski definition) is 3. The number of aliphatic hydroxyl groups is 2. The van der Waals surface area contributed by atoms with Crippen molar-refractivity contribution in [3.63, 3.8) is 0 Å². The van der Waals surface area contributed by atoms with Crippen molar-refractivity contribution < 1.29 is 14.8 Å². The van der Waals surface area contributed by atoms with Crippen LogP contribution >= 0.6 is 8.61 Å². The lowest BCUT2D eigenvalue weighted by Crippen LogP contribution is -2.20. The standard InChI is InChI=1S/C4H10NO3P/c6-3-1-5(9-8)2-4-7/h6-7H,1-4H2. The van der Waals surface area contributed by atoms with Crippen molar-refractivity contribution in [2.24, 2.45) is 0 Å². The summed E-state index contributed by atoms with van der Waals surface area (Å²) in [6, 6.07) is 0. The Labute approximate surface area is 55.4 Å². The molecule has 2 N–H and O–H groups in total. The van der Waals surface area contributed by atoms with Gasteiger partial charge in [0.15, 0.2) is 0 Å². The minimum Gasteiger partial charge on any atom is -0.395 e. The zero-order chi connectivity index (χ0) is 7.11. The Bertz CT molecular complexity index is 74.2. The highest BCUT2D eigenvalue weighted by atomic mass is 31.1. The van der Waals surface area contributed by atoms with Crippen LogP contribution in [-0.4, -0.2) is 41.2 Å². The molecule has 0 spiro atoms. The van der Waals surface area contributed by atoms with Crippen LogP contribution in [0.4, 0.5) is 0 Å². The third kappa shape index (κ3) is 4.48. The molecule has 0 radical (unpaired) electrons. The second kappa shape index (κ2) is 6.11. The van der Waals surface area contributed by atoms with Gasteiger partial charge in [-0.05, 0) is 0 Å². The Hall–Kier alpha value is -0.0200. The zero-order valence-electron chi connectivity index (χ0n) is 5.03. The Balaban J connectivity index is 3.29. The molecule has 0 saturated carbocycles. The topological polar surface area (TPSA) is 60.8 Å². The highest BCUT2D eigenvalue weighted by molar-refractivity contribution is 7.20. The lowest BCUT2D eigenvalue weighted by Gasteiger charge is -2.08. The van der Waals surface area contributed by atoms with Gasteiger partial charge in [-0.1, -0.05) is 0 Å². The maximum Gasteiger partial charge on any atom is 0.249 e. The summed E-state index contributed by atoms with van der Waals surface area (Å²) in [6.45, 7) is 0.613. The number of aliphatic hydroxyl groups excluding tert-OH is 2. The van der Waals surface area contributed by atoms with E-state index in [1.165, 1.54) is 4.67 Å². The summed E-state index contributed by atoms with van der Waals surface area (Å²) in [5, 5.41) is 16.7. The molecule has 0 atom stereocenters. The molecule has 0 bridgehead atoms. The van der Waals surface area contributed by atoms with Crippen molar-refractivity contribution in [1.82, 2.24) is 4.67 Å². The molecule has 0 heterocycles. The van der Waals surface area contributed by atoms with Gasteiger partial charge >= 0.3 is 0 Å². The molecule has 0 fully saturated rings. The first-order valence-electron chi connectivity index (χ1n) is 2.65. The Morgan fingerprint density at radius 3 is 1.89 bits per heavy atom. The SMILES string of the molecule is O=PN(CCO)CCO. The van der Waals surface area contributed by atoms with Crippen molar-refractivity contribution in [3.05, 3.63) is 0 Å². The maximum atomic E-state index is 10.1. The first-order valence-corrected chi connectivity index (χ1v) is 3.41. The fourth-order valence-corrected chi connectivity index (χ4v) is 0.767. The summed E-state index contributed by atoms with van der Waals surface area (Å²) in [5.41, 5.74) is 0. The zero-order valence-corrected chi connectivity index (χ0v) is 5.92. The fourth-order valence-electron chi connectivity index (χ4n) is 0.424. The molecule has 0 aromatic carbocycles. The average molecular weight is 151 g/mol. The highest BCUT2D eigenvalue weighted by Gasteiger charge is 1.99. The predicted molar refractivity (Wildman–Crippen MR) is 33.4 cm³/mol. The lowest BCUT2D eigenvalue weighted by atomic mass is 10.6. The van der Waals surface area contributed by atoms with Gasteiger partial charge in [0.1, 0.15) is 0 Å². The van der Waals surface area contributed by atoms with E-state index < -0.39 is 0 Å². The van der Waals surface area contributed by atoms with Crippen LogP contribution in [0.5, 0.6) is 0 Å². The molecular formula is C4H10NO3P. The van der Waals surface area contributed by atoms with Crippen LogP contribution in [0.1, 0.15) is 0 Å². The summed E-state index contributed by atoms with van der Waals surface area (Å²) in [7, 11) is -0.146. The predicted octanol–water partition coefficient (Wildman–Crippen LogP) is -0.520. The van der Waals surface area contributed by atoms with Crippen molar-refractivity contribution in [3.8, 4) is 0 Å². The van der Waals surface area contributed by atoms with E-state index in [2.05, 4.69) is 0 Å². The van der Waals surface area contributed by atoms with Crippen LogP contribution < -0.4 is 0 Å². The van der Waals surface area contributed by atoms with Crippen molar-refractivity contribution >= 4 is 8.61 Å². The minimum absolute atomic E-state index is 0.0325. The third-order valence-electron chi connectivity index (χ3n) is 0.832. The molecule has 0 aliphatic heterocycles. The summed E-state index contributed by atoms with van der Waals surface area (Å²) in [6.07, 6.45) is 0. The van der Waals surface area contributed by atoms with E-state index in [1.807, 2.05) is 0 Å². The fraction of sp³-hybridized carbons (Fsp3) is 1.00. The van der Waals surface area contributed by atoms with Gasteiger partial charge in [0.25, 0.3) is 0 Å². The van der Waals surface area contributed by atoms with E-state index >= 15 is 0 Å². The second-order valence-corrected chi connectivity index (χ2v) is 2.21. The molecular weight excluding hydrogens is 141 g/mol. The Morgan fingerprint density at radius 2 is 1.67 bits per heavy atom. The number of nitrogens with zero attached hydrogens (tertiary/aromatic N) is 1. The Morgan fingerprint density at radius 1 is 1.22 bits per heavy atom. The van der Waals surface area contributed by atoms with E-state index in [-0.39, 0.29) is 21.8 Å². The van der Waals surface area contributed by atoms with Gasteiger partial charge in [-0.25, -0.2) is 4.67 Å². The van der Waals surface area contributed by atoms with E-state index in [0.717, 1.165) is 0 Å². The van der Waals surface area contributed by atoms with E-state index in [0.29, 0.717) is 13.1 Å². The van der Waals surface area contributed by atoms with Gasteiger partial charge in [-0.15, -0.1) is 0 Å². The molecule has 0 unspecified atom stereocenters. The number of hydrogen-bond donors (Lipinski definition) is 2. The molecule has 0 aliphatic carbocycles. The van der Waals surface area contributed by atoms with Gasteiger partial charge < -0.3 is 10.2 Å². The summed E-state index contributed by atoms with van der Waals surface area (Å²) >= 11 is 0. The smallest absolute Gasteiger partial charge is 0.249 e. The lowest BCUT2D eigenvalue weighted by molar-refractivity contribution is 0.221. The van der Waals surface area contributed by atoms with E-state index in [1.54, 1.807) is 0 Å². The summed E-state index contributed by atoms with van der Waals surface area (Å²) in [5.74, 6) is 0. The van der Waals surface area contributed by atoms with Gasteiger partial charge in [0, 0.05) is 13.1 Å². The molecule has 4 nitrogen and oxygen atoms in total. The average Bonchev–Trinajstić information content (AvgIpc) is 1.88. The van der Waals surface area contributed by atoms with Gasteiger partial charge in [-0.2, -0.15) is 0 Å². The quantitative estimate of drug-likeness (QED) is 0.519. The third-order valence-corrected chi connectivity index (χ3v) is 1.46. The van der Waals surface area contributed by atoms with Gasteiger partial charge in [0.2, 0.25) is 8.61 Å². The highest BCUT2D eigenvalue weighted by Crippen LogP contribution is 2.01. The molecule has 0 aromatic heterocycles. The summed E-state index contributed by atoms with van der Waals surface area (Å²) in [4.78, 5) is 0. The molecule has 0 aromatic rings. The normalized spacial score (nSPS) is 11.0. The Kier molecular flexibility index (Phi) is 6.09. The monoisotopic (exact) mass is 151 g/mol. The van der Waals surface area contributed by atoms with Crippen LogP contribution in [-0.2, 0) is 4.57 Å². The van der Waals surface area contributed by atoms with Crippen LogP contribution in [0.3, 0.4) is 0 Å². The van der Waals surface area contributed by atoms with E-state index in [4.69, 9.17) is 10.2 Å². The molecule has 0 rings (SSSR count). The van der Waals surface area contributed by atoms with Crippen LogP contribution in [0.2, 0.25) is 0 Å². The minimum atomic E-state index is -0.146. The largest absolute Gasteiger partial charge is 0.395 e. The van der Waals surface area contributed by atoms with Crippen LogP contribution in [0, 0.1) is 0 Å². The molecule has 0 amide bonds. The maximum absolute atomic E-state index is 10.1. The molecule has 9 heavy (non-hydrogen) atoms. The molecule has 0 saturated heterocycles. The van der Waals surface area contributed by atoms with Gasteiger partial charge in [-0.3, -0.25) is 4.57 Å². The molecule has 54 valence electrons. The summed E-state index contributed by atoms with van der Waals surface area (Å²) < 4.78 is 11.5. The van der Waals surface area contributed by atoms with Gasteiger partial charge in [0.05, 0.1) is 13.2 Å². The van der Waals surface area contributed by atoms with Crippen molar-refractivity contribution in [2.45, 2.75) is 0 Å². The van der Waals surface area contributed by atoms with Crippen molar-refractivity contribution in [2.75, 3.05) is 26.3 Å². The van der Waals surface area contributed by atoms with Crippen molar-refractivity contribution in [1.29, 1.82) is 0 Å². The first-order chi connectivity index (χ1) is 4.35. The van der Waals surface area contributed by atoms with Crippen LogP contribution in [0.25, 0.3) is 0 Å².